The van der Waals surface area contributed by atoms with Gasteiger partial charge in [-0.3, -0.25) is 0 Å². The molecule has 6 heteroatoms. The van der Waals surface area contributed by atoms with Crippen LogP contribution in [0.5, 0.6) is 0 Å². The van der Waals surface area contributed by atoms with Gasteiger partial charge in [0.2, 0.25) is 0 Å². The Morgan fingerprint density at radius 2 is 1.14 bits per heavy atom. The second-order valence-corrected chi connectivity index (χ2v) is 11.1. The Morgan fingerprint density at radius 1 is 0.651 bits per heavy atom. The zero-order valence-corrected chi connectivity index (χ0v) is 26.3. The molecule has 0 aliphatic rings. The maximum Gasteiger partial charge on any atom is 0.338 e. The van der Waals surface area contributed by atoms with E-state index in [1.165, 1.54) is 0 Å². The molecule has 3 aromatic carbocycles. The predicted octanol–water partition coefficient (Wildman–Crippen LogP) is 9.62. The van der Waals surface area contributed by atoms with Crippen molar-refractivity contribution >= 4 is 29.1 Å². The number of ether oxygens (including phenoxy) is 2. The molecule has 230 valence electrons. The number of esters is 2. The molecule has 0 amide bonds. The summed E-state index contributed by atoms with van der Waals surface area (Å²) in [5.74, 6) is 0.837. The van der Waals surface area contributed by atoms with Crippen LogP contribution < -0.4 is 5.32 Å². The molecule has 2 atom stereocenters. The molecule has 0 heterocycles. The number of aliphatic imine (C=N–C) groups is 1. The van der Waals surface area contributed by atoms with E-state index >= 15 is 0 Å². The molecule has 0 aliphatic heterocycles. The Kier molecular flexibility index (Phi) is 14.5. The quantitative estimate of drug-likeness (QED) is 0.0971. The molecular weight excluding hydrogens is 536 g/mol. The van der Waals surface area contributed by atoms with Crippen molar-refractivity contribution in [1.82, 2.24) is 0 Å². The monoisotopic (exact) mass is 584 g/mol. The van der Waals surface area contributed by atoms with Crippen molar-refractivity contribution in [1.29, 1.82) is 0 Å². The highest BCUT2D eigenvalue weighted by Gasteiger charge is 2.14. The summed E-state index contributed by atoms with van der Waals surface area (Å²) in [7, 11) is 0. The van der Waals surface area contributed by atoms with Crippen molar-refractivity contribution in [2.24, 2.45) is 16.8 Å². The number of nitrogens with zero attached hydrogens (tertiary/aromatic N) is 1. The van der Waals surface area contributed by atoms with E-state index in [4.69, 9.17) is 14.5 Å². The molecule has 0 radical (unpaired) electrons. The summed E-state index contributed by atoms with van der Waals surface area (Å²) in [5.41, 5.74) is 3.43. The fourth-order valence-electron chi connectivity index (χ4n) is 4.74. The largest absolute Gasteiger partial charge is 0.462 e. The molecule has 0 aromatic heterocycles. The van der Waals surface area contributed by atoms with Gasteiger partial charge < -0.3 is 14.8 Å². The number of nitrogens with one attached hydrogen (secondary N) is 1. The number of carbonyl (C=O) groups is 2. The summed E-state index contributed by atoms with van der Waals surface area (Å²) in [6, 6.07) is 24.2. The Labute approximate surface area is 257 Å². The highest BCUT2D eigenvalue weighted by atomic mass is 16.5. The van der Waals surface area contributed by atoms with Crippen molar-refractivity contribution in [2.45, 2.75) is 79.1 Å². The fraction of sp³-hybridized carbons (Fsp3) is 0.432. The average Bonchev–Trinajstić information content (AvgIpc) is 3.05. The number of hydrogen-bond acceptors (Lipinski definition) is 5. The Bertz CT molecular complexity index is 1270. The fourth-order valence-corrected chi connectivity index (χ4v) is 4.74. The molecular formula is C37H48N2O4. The molecule has 0 saturated heterocycles. The van der Waals surface area contributed by atoms with E-state index in [1.807, 2.05) is 54.6 Å². The second kappa shape index (κ2) is 18.6. The van der Waals surface area contributed by atoms with Crippen LogP contribution in [0.15, 0.2) is 83.9 Å². The molecule has 3 aromatic rings. The van der Waals surface area contributed by atoms with Gasteiger partial charge in [-0.1, -0.05) is 96.6 Å². The normalized spacial score (nSPS) is 12.8. The van der Waals surface area contributed by atoms with E-state index in [0.29, 0.717) is 47.7 Å². The van der Waals surface area contributed by atoms with Gasteiger partial charge in [0.1, 0.15) is 5.84 Å². The van der Waals surface area contributed by atoms with Gasteiger partial charge in [0.15, 0.2) is 0 Å². The van der Waals surface area contributed by atoms with Crippen LogP contribution in [0.2, 0.25) is 0 Å². The molecule has 0 fully saturated rings. The highest BCUT2D eigenvalue weighted by Crippen LogP contribution is 2.20. The van der Waals surface area contributed by atoms with E-state index in [0.717, 1.165) is 62.6 Å². The lowest BCUT2D eigenvalue weighted by Gasteiger charge is -2.15. The van der Waals surface area contributed by atoms with E-state index in [2.05, 4.69) is 33.0 Å². The molecule has 6 nitrogen and oxygen atoms in total. The first-order valence-corrected chi connectivity index (χ1v) is 15.9. The predicted molar refractivity (Wildman–Crippen MR) is 176 cm³/mol. The van der Waals surface area contributed by atoms with Crippen LogP contribution in [-0.2, 0) is 9.47 Å². The standard InChI is InChI=1S/C37H48N2O4/c1-5-9-14-28(7-3)26-42-36(40)31-18-22-33(23-19-31)38-35(30-16-12-11-13-17-30)39-34-24-20-32(21-25-34)37(41)43-27-29(8-4)15-10-6-2/h11-13,16-25,28-29H,5-10,14-15,26-27H2,1-4H3,(H,38,39). The third-order valence-corrected chi connectivity index (χ3v) is 7.76. The number of anilines is 1. The lowest BCUT2D eigenvalue weighted by atomic mass is 10.0. The van der Waals surface area contributed by atoms with Crippen molar-refractivity contribution in [3.8, 4) is 0 Å². The minimum atomic E-state index is -0.309. The minimum absolute atomic E-state index is 0.303. The van der Waals surface area contributed by atoms with Crippen LogP contribution in [0.3, 0.4) is 0 Å². The first-order chi connectivity index (χ1) is 21.0. The molecule has 0 bridgehead atoms. The smallest absolute Gasteiger partial charge is 0.338 e. The van der Waals surface area contributed by atoms with Gasteiger partial charge in [-0.05, 0) is 73.2 Å². The molecule has 0 spiro atoms. The number of rotatable bonds is 17. The van der Waals surface area contributed by atoms with Crippen molar-refractivity contribution in [3.63, 3.8) is 0 Å². The van der Waals surface area contributed by atoms with Gasteiger partial charge in [-0.2, -0.15) is 0 Å². The summed E-state index contributed by atoms with van der Waals surface area (Å²) < 4.78 is 11.2. The van der Waals surface area contributed by atoms with Gasteiger partial charge in [0, 0.05) is 11.3 Å². The number of amidine groups is 1. The lowest BCUT2D eigenvalue weighted by molar-refractivity contribution is 0.0419. The van der Waals surface area contributed by atoms with Gasteiger partial charge in [-0.15, -0.1) is 0 Å². The molecule has 0 aliphatic carbocycles. The molecule has 43 heavy (non-hydrogen) atoms. The number of benzene rings is 3. The average molecular weight is 585 g/mol. The first kappa shape index (κ1) is 33.6. The third kappa shape index (κ3) is 11.3. The summed E-state index contributed by atoms with van der Waals surface area (Å²) >= 11 is 0. The van der Waals surface area contributed by atoms with Crippen LogP contribution in [0, 0.1) is 11.8 Å². The minimum Gasteiger partial charge on any atom is -0.462 e. The van der Waals surface area contributed by atoms with Crippen LogP contribution in [0.4, 0.5) is 11.4 Å². The van der Waals surface area contributed by atoms with Crippen molar-refractivity contribution in [3.05, 3.63) is 95.6 Å². The van der Waals surface area contributed by atoms with Gasteiger partial charge in [0.05, 0.1) is 30.0 Å². The SMILES string of the molecule is CCCCC(CC)COC(=O)c1ccc(/N=C(/Nc2ccc(C(=O)OCC(CC)CCCC)cc2)c2ccccc2)cc1. The van der Waals surface area contributed by atoms with Crippen molar-refractivity contribution < 1.29 is 19.1 Å². The van der Waals surface area contributed by atoms with E-state index in [1.54, 1.807) is 24.3 Å². The number of carbonyl (C=O) groups excluding carboxylic acids is 2. The zero-order valence-electron chi connectivity index (χ0n) is 26.3. The Hall–Kier alpha value is -3.93. The summed E-state index contributed by atoms with van der Waals surface area (Å²) in [6.07, 6.45) is 8.75. The van der Waals surface area contributed by atoms with E-state index < -0.39 is 0 Å². The third-order valence-electron chi connectivity index (χ3n) is 7.76. The van der Waals surface area contributed by atoms with Crippen LogP contribution in [0.1, 0.15) is 105 Å². The maximum absolute atomic E-state index is 12.6. The summed E-state index contributed by atoms with van der Waals surface area (Å²) in [6.45, 7) is 9.53. The molecule has 1 N–H and O–H groups in total. The first-order valence-electron chi connectivity index (χ1n) is 15.9. The Balaban J connectivity index is 1.67. The number of hydrogen-bond donors (Lipinski definition) is 1. The van der Waals surface area contributed by atoms with Crippen LogP contribution >= 0.6 is 0 Å². The molecule has 3 rings (SSSR count). The van der Waals surface area contributed by atoms with Crippen molar-refractivity contribution in [2.75, 3.05) is 18.5 Å². The van der Waals surface area contributed by atoms with Gasteiger partial charge in [0.25, 0.3) is 0 Å². The van der Waals surface area contributed by atoms with Crippen LogP contribution in [0.25, 0.3) is 0 Å². The highest BCUT2D eigenvalue weighted by molar-refractivity contribution is 6.09. The number of unbranched alkanes of at least 4 members (excludes halogenated alkanes) is 2. The van der Waals surface area contributed by atoms with Gasteiger partial charge >= 0.3 is 11.9 Å². The maximum atomic E-state index is 12.6. The topological polar surface area (TPSA) is 77.0 Å². The second-order valence-electron chi connectivity index (χ2n) is 11.1. The van der Waals surface area contributed by atoms with Gasteiger partial charge in [-0.25, -0.2) is 14.6 Å². The molecule has 0 saturated carbocycles. The molecule has 2 unspecified atom stereocenters. The zero-order chi connectivity index (χ0) is 30.9. The summed E-state index contributed by atoms with van der Waals surface area (Å²) in [4.78, 5) is 30.1. The Morgan fingerprint density at radius 3 is 1.60 bits per heavy atom. The van der Waals surface area contributed by atoms with E-state index in [-0.39, 0.29) is 11.9 Å². The van der Waals surface area contributed by atoms with E-state index in [9.17, 15) is 9.59 Å². The van der Waals surface area contributed by atoms with Crippen LogP contribution in [-0.4, -0.2) is 31.0 Å². The summed E-state index contributed by atoms with van der Waals surface area (Å²) in [5, 5.41) is 3.39. The lowest BCUT2D eigenvalue weighted by Crippen LogP contribution is -2.15.